The van der Waals surface area contributed by atoms with Gasteiger partial charge in [0.25, 0.3) is 0 Å². The van der Waals surface area contributed by atoms with Crippen molar-refractivity contribution in [2.75, 3.05) is 0 Å². The summed E-state index contributed by atoms with van der Waals surface area (Å²) < 4.78 is 0. The smallest absolute Gasteiger partial charge is 0.228 e. The third-order valence-corrected chi connectivity index (χ3v) is 5.76. The molecular formula is C17H35NO. The summed E-state index contributed by atoms with van der Waals surface area (Å²) in [6, 6.07) is 0.703. The second-order valence-electron chi connectivity index (χ2n) is 7.01. The van der Waals surface area contributed by atoms with Gasteiger partial charge in [0, 0.05) is 17.5 Å². The molecule has 0 radical (unpaired) electrons. The fourth-order valence-electron chi connectivity index (χ4n) is 3.11. The van der Waals surface area contributed by atoms with Gasteiger partial charge in [-0.2, -0.15) is 0 Å². The van der Waals surface area contributed by atoms with E-state index in [0.29, 0.717) is 35.7 Å². The maximum absolute atomic E-state index is 12.8. The Labute approximate surface area is 120 Å². The topological polar surface area (TPSA) is 20.3 Å². The highest BCUT2D eigenvalue weighted by atomic mass is 16.2. The highest BCUT2D eigenvalue weighted by Crippen LogP contribution is 2.39. The van der Waals surface area contributed by atoms with Gasteiger partial charge in [0.2, 0.25) is 5.91 Å². The van der Waals surface area contributed by atoms with Crippen LogP contribution in [0.2, 0.25) is 0 Å². The molecule has 2 heteroatoms. The Bertz CT molecular complexity index is 294. The van der Waals surface area contributed by atoms with Gasteiger partial charge in [-0.05, 0) is 38.0 Å². The average molecular weight is 269 g/mol. The lowest BCUT2D eigenvalue weighted by molar-refractivity contribution is -0.153. The molecule has 1 aliphatic heterocycles. The van der Waals surface area contributed by atoms with Crippen LogP contribution < -0.4 is 0 Å². The molecule has 1 amide bonds. The number of carbonyl (C=O) groups excluding carboxylic acids is 1. The average Bonchev–Trinajstić information content (AvgIpc) is 2.34. The number of hydrogen-bond acceptors (Lipinski definition) is 1. The van der Waals surface area contributed by atoms with Crippen LogP contribution in [0.3, 0.4) is 0 Å². The van der Waals surface area contributed by atoms with Crippen LogP contribution in [-0.4, -0.2) is 22.9 Å². The van der Waals surface area contributed by atoms with Gasteiger partial charge < -0.3 is 4.90 Å². The van der Waals surface area contributed by atoms with Crippen LogP contribution in [0, 0.1) is 23.2 Å². The van der Waals surface area contributed by atoms with E-state index in [0.717, 1.165) is 6.42 Å². The van der Waals surface area contributed by atoms with Gasteiger partial charge in [-0.15, -0.1) is 0 Å². The van der Waals surface area contributed by atoms with E-state index in [1.165, 1.54) is 0 Å². The van der Waals surface area contributed by atoms with Crippen molar-refractivity contribution in [3.8, 4) is 0 Å². The van der Waals surface area contributed by atoms with E-state index in [4.69, 9.17) is 0 Å². The zero-order valence-corrected chi connectivity index (χ0v) is 13.4. The van der Waals surface area contributed by atoms with Crippen molar-refractivity contribution in [2.45, 2.75) is 81.3 Å². The van der Waals surface area contributed by atoms with Crippen LogP contribution in [0.15, 0.2) is 0 Å². The van der Waals surface area contributed by atoms with Crippen molar-refractivity contribution < 1.29 is 4.79 Å². The molecule has 0 aromatic rings. The Hall–Kier alpha value is -0.530. The summed E-state index contributed by atoms with van der Waals surface area (Å²) in [5.74, 6) is 2.17. The molecular weight excluding hydrogens is 234 g/mol. The monoisotopic (exact) mass is 269 g/mol. The first-order valence-corrected chi connectivity index (χ1v) is 7.47. The lowest BCUT2D eigenvalue weighted by atomic mass is 9.72. The van der Waals surface area contributed by atoms with Gasteiger partial charge in [-0.1, -0.05) is 49.0 Å². The molecule has 19 heavy (non-hydrogen) atoms. The SMILES string of the molecule is C.CCC(C)(C)C(=O)N1C(C)C(C)C(C)C(C)C1C. The summed E-state index contributed by atoms with van der Waals surface area (Å²) in [6.45, 7) is 17.6. The van der Waals surface area contributed by atoms with Gasteiger partial charge >= 0.3 is 0 Å². The van der Waals surface area contributed by atoms with E-state index < -0.39 is 0 Å². The first-order chi connectivity index (χ1) is 8.15. The Morgan fingerprint density at radius 3 is 1.63 bits per heavy atom. The second-order valence-corrected chi connectivity index (χ2v) is 7.01. The predicted molar refractivity (Wildman–Crippen MR) is 84.1 cm³/mol. The molecule has 1 fully saturated rings. The molecule has 2 nitrogen and oxygen atoms in total. The molecule has 1 saturated heterocycles. The minimum absolute atomic E-state index is 0. The Morgan fingerprint density at radius 1 is 0.947 bits per heavy atom. The number of piperidine rings is 1. The molecule has 0 aromatic heterocycles. The third-order valence-electron chi connectivity index (χ3n) is 5.76. The summed E-state index contributed by atoms with van der Waals surface area (Å²) in [5.41, 5.74) is -0.234. The molecule has 1 heterocycles. The number of likely N-dealkylation sites (tertiary alicyclic amines) is 1. The van der Waals surface area contributed by atoms with E-state index >= 15 is 0 Å². The molecule has 0 aliphatic carbocycles. The largest absolute Gasteiger partial charge is 0.336 e. The summed E-state index contributed by atoms with van der Waals surface area (Å²) in [4.78, 5) is 15.0. The van der Waals surface area contributed by atoms with Crippen molar-refractivity contribution in [3.63, 3.8) is 0 Å². The van der Waals surface area contributed by atoms with Gasteiger partial charge in [-0.3, -0.25) is 4.79 Å². The Kier molecular flexibility index (Phi) is 6.10. The molecule has 1 rings (SSSR count). The molecule has 4 unspecified atom stereocenters. The van der Waals surface area contributed by atoms with Crippen LogP contribution in [0.25, 0.3) is 0 Å². The van der Waals surface area contributed by atoms with Gasteiger partial charge in [0.05, 0.1) is 0 Å². The molecule has 0 bridgehead atoms. The Morgan fingerprint density at radius 2 is 1.32 bits per heavy atom. The van der Waals surface area contributed by atoms with Crippen LogP contribution in [0.4, 0.5) is 0 Å². The van der Waals surface area contributed by atoms with Crippen LogP contribution in [-0.2, 0) is 4.79 Å². The van der Waals surface area contributed by atoms with Crippen molar-refractivity contribution in [2.24, 2.45) is 23.2 Å². The lowest BCUT2D eigenvalue weighted by Gasteiger charge is -2.51. The summed E-state index contributed by atoms with van der Waals surface area (Å²) in [5, 5.41) is 0. The number of rotatable bonds is 2. The standard InChI is InChI=1S/C16H31NO.CH4/c1-9-16(7,8)15(18)17-13(5)11(3)10(2)12(4)14(17)6;/h10-14H,9H2,1-8H3;1H4. The number of amides is 1. The van der Waals surface area contributed by atoms with Gasteiger partial charge in [0.1, 0.15) is 0 Å². The maximum atomic E-state index is 12.8. The molecule has 1 aliphatic rings. The van der Waals surface area contributed by atoms with E-state index in [-0.39, 0.29) is 12.8 Å². The molecule has 0 spiro atoms. The fraction of sp³-hybridized carbons (Fsp3) is 0.941. The predicted octanol–water partition coefficient (Wildman–Crippen LogP) is 4.59. The molecule has 4 atom stereocenters. The third kappa shape index (κ3) is 3.14. The minimum atomic E-state index is -0.234. The minimum Gasteiger partial charge on any atom is -0.336 e. The van der Waals surface area contributed by atoms with Crippen LogP contribution >= 0.6 is 0 Å². The zero-order valence-electron chi connectivity index (χ0n) is 13.4. The highest BCUT2D eigenvalue weighted by molar-refractivity contribution is 5.82. The van der Waals surface area contributed by atoms with E-state index in [2.05, 4.69) is 60.3 Å². The molecule has 0 aromatic carbocycles. The van der Waals surface area contributed by atoms with Crippen molar-refractivity contribution in [3.05, 3.63) is 0 Å². The molecule has 0 saturated carbocycles. The van der Waals surface area contributed by atoms with Gasteiger partial charge in [0.15, 0.2) is 0 Å². The van der Waals surface area contributed by atoms with Crippen LogP contribution in [0.5, 0.6) is 0 Å². The van der Waals surface area contributed by atoms with Gasteiger partial charge in [-0.25, -0.2) is 0 Å². The van der Waals surface area contributed by atoms with Crippen molar-refractivity contribution in [1.29, 1.82) is 0 Å². The quantitative estimate of drug-likeness (QED) is 0.718. The van der Waals surface area contributed by atoms with Crippen LogP contribution in [0.1, 0.15) is 69.2 Å². The summed E-state index contributed by atoms with van der Waals surface area (Å²) in [7, 11) is 0. The highest BCUT2D eigenvalue weighted by Gasteiger charge is 2.44. The first kappa shape index (κ1) is 18.5. The summed E-state index contributed by atoms with van der Waals surface area (Å²) >= 11 is 0. The van der Waals surface area contributed by atoms with E-state index in [9.17, 15) is 4.79 Å². The zero-order chi connectivity index (χ0) is 14.2. The number of hydrogen-bond donors (Lipinski definition) is 0. The number of carbonyl (C=O) groups is 1. The van der Waals surface area contributed by atoms with Crippen molar-refractivity contribution >= 4 is 5.91 Å². The van der Waals surface area contributed by atoms with Crippen molar-refractivity contribution in [1.82, 2.24) is 4.90 Å². The second kappa shape index (κ2) is 6.28. The molecule has 114 valence electrons. The number of nitrogens with zero attached hydrogens (tertiary/aromatic N) is 1. The Balaban J connectivity index is 0.00000324. The van der Waals surface area contributed by atoms with E-state index in [1.807, 2.05) is 0 Å². The normalized spacial score (nSPS) is 35.8. The van der Waals surface area contributed by atoms with E-state index in [1.54, 1.807) is 0 Å². The summed E-state index contributed by atoms with van der Waals surface area (Å²) in [6.07, 6.45) is 0.903. The lowest BCUT2D eigenvalue weighted by Crippen LogP contribution is -2.59. The maximum Gasteiger partial charge on any atom is 0.228 e. The molecule has 0 N–H and O–H groups in total. The fourth-order valence-corrected chi connectivity index (χ4v) is 3.11. The first-order valence-electron chi connectivity index (χ1n) is 7.47.